The quantitative estimate of drug-likeness (QED) is 0.0296. The molecule has 2 fully saturated rings. The van der Waals surface area contributed by atoms with Gasteiger partial charge in [-0.2, -0.15) is 0 Å². The summed E-state index contributed by atoms with van der Waals surface area (Å²) in [6.45, 7) is 5.69. The molecule has 0 spiro atoms. The van der Waals surface area contributed by atoms with E-state index in [2.05, 4.69) is 20.8 Å². The summed E-state index contributed by atoms with van der Waals surface area (Å²) in [5, 5.41) is 73.0. The Bertz CT molecular complexity index is 941. The summed E-state index contributed by atoms with van der Waals surface area (Å²) in [7, 11) is 0. The van der Waals surface area contributed by atoms with E-state index in [0.717, 1.165) is 44.4 Å². The fourth-order valence-electron chi connectivity index (χ4n) is 8.72. The first-order chi connectivity index (χ1) is 28.7. The van der Waals surface area contributed by atoms with Gasteiger partial charge < -0.3 is 54.7 Å². The standard InChI is InChI=1S/C48H94O11/c1-4-6-7-8-9-10-11-12-13-14-18-21-24-27-30-33-38(34-31-28-25-22-19-16-15-17-20-23-26-29-32-37(3)5-2)56-47-45(55)43(53)46(40(36-50)58-47)59-48-44(54)42(52)41(51)39(35-49)57-48/h37-55H,4-36H2,1-3H3/t37?,38?,39-,40-,41+,42-,43+,44-,45-,46-,47+,48+/m0/s1. The minimum atomic E-state index is -1.70. The lowest BCUT2D eigenvalue weighted by molar-refractivity contribution is -0.363. The van der Waals surface area contributed by atoms with Crippen LogP contribution in [0.4, 0.5) is 0 Å². The lowest BCUT2D eigenvalue weighted by Crippen LogP contribution is -2.64. The van der Waals surface area contributed by atoms with Gasteiger partial charge in [-0.3, -0.25) is 0 Å². The molecule has 7 N–H and O–H groups in total. The van der Waals surface area contributed by atoms with E-state index in [1.165, 1.54) is 161 Å². The van der Waals surface area contributed by atoms with E-state index >= 15 is 0 Å². The first-order valence-corrected chi connectivity index (χ1v) is 24.9. The van der Waals surface area contributed by atoms with Crippen LogP contribution in [0.15, 0.2) is 0 Å². The molecule has 0 aromatic rings. The highest BCUT2D eigenvalue weighted by atomic mass is 16.7. The van der Waals surface area contributed by atoms with Crippen LogP contribution in [-0.2, 0) is 18.9 Å². The Morgan fingerprint density at radius 1 is 0.424 bits per heavy atom. The lowest BCUT2D eigenvalue weighted by atomic mass is 9.96. The Labute approximate surface area is 360 Å². The highest BCUT2D eigenvalue weighted by Crippen LogP contribution is 2.31. The van der Waals surface area contributed by atoms with E-state index in [0.29, 0.717) is 0 Å². The van der Waals surface area contributed by atoms with Crippen molar-refractivity contribution in [1.29, 1.82) is 0 Å². The summed E-state index contributed by atoms with van der Waals surface area (Å²) < 4.78 is 23.6. The zero-order chi connectivity index (χ0) is 43.1. The van der Waals surface area contributed by atoms with Gasteiger partial charge in [0.05, 0.1) is 19.3 Å². The molecule has 2 aliphatic rings. The summed E-state index contributed by atoms with van der Waals surface area (Å²) in [5.74, 6) is 0.867. The van der Waals surface area contributed by atoms with Crippen LogP contribution in [0.25, 0.3) is 0 Å². The zero-order valence-electron chi connectivity index (χ0n) is 38.0. The number of hydrogen-bond acceptors (Lipinski definition) is 11. The molecule has 0 bridgehead atoms. The van der Waals surface area contributed by atoms with Gasteiger partial charge in [-0.15, -0.1) is 0 Å². The maximum Gasteiger partial charge on any atom is 0.187 e. The van der Waals surface area contributed by atoms with Crippen molar-refractivity contribution in [1.82, 2.24) is 0 Å². The number of ether oxygens (including phenoxy) is 4. The largest absolute Gasteiger partial charge is 0.394 e. The molecule has 11 heteroatoms. The minimum absolute atomic E-state index is 0.184. The Hall–Kier alpha value is -0.440. The first kappa shape index (κ1) is 54.7. The summed E-state index contributed by atoms with van der Waals surface area (Å²) >= 11 is 0. The second-order valence-electron chi connectivity index (χ2n) is 18.3. The molecule has 12 atom stereocenters. The smallest absolute Gasteiger partial charge is 0.187 e. The second kappa shape index (κ2) is 35.0. The zero-order valence-corrected chi connectivity index (χ0v) is 38.0. The van der Waals surface area contributed by atoms with Gasteiger partial charge in [0.1, 0.15) is 48.8 Å². The average Bonchev–Trinajstić information content (AvgIpc) is 3.24. The molecule has 2 heterocycles. The molecule has 11 nitrogen and oxygen atoms in total. The number of rotatable bonds is 38. The van der Waals surface area contributed by atoms with E-state index in [9.17, 15) is 35.7 Å². The fraction of sp³-hybridized carbons (Fsp3) is 1.00. The van der Waals surface area contributed by atoms with Crippen LogP contribution in [0.1, 0.15) is 220 Å². The molecule has 0 aromatic heterocycles. The third kappa shape index (κ3) is 23.2. The van der Waals surface area contributed by atoms with Crippen molar-refractivity contribution in [2.24, 2.45) is 5.92 Å². The Morgan fingerprint density at radius 2 is 0.797 bits per heavy atom. The van der Waals surface area contributed by atoms with Crippen molar-refractivity contribution in [3.63, 3.8) is 0 Å². The Kier molecular flexibility index (Phi) is 32.4. The summed E-state index contributed by atoms with van der Waals surface area (Å²) in [6.07, 6.45) is 24.4. The molecule has 352 valence electrons. The Balaban J connectivity index is 1.78. The van der Waals surface area contributed by atoms with Crippen molar-refractivity contribution in [3.8, 4) is 0 Å². The van der Waals surface area contributed by atoms with Crippen LogP contribution in [-0.4, -0.2) is 116 Å². The molecule has 0 aliphatic carbocycles. The van der Waals surface area contributed by atoms with Gasteiger partial charge in [-0.25, -0.2) is 0 Å². The predicted molar refractivity (Wildman–Crippen MR) is 235 cm³/mol. The van der Waals surface area contributed by atoms with Gasteiger partial charge in [0.2, 0.25) is 0 Å². The monoisotopic (exact) mass is 847 g/mol. The lowest BCUT2D eigenvalue weighted by Gasteiger charge is -2.46. The molecular formula is C48H94O11. The summed E-state index contributed by atoms with van der Waals surface area (Å²) in [6, 6.07) is 0. The van der Waals surface area contributed by atoms with Crippen LogP contribution >= 0.6 is 0 Å². The first-order valence-electron chi connectivity index (χ1n) is 24.9. The van der Waals surface area contributed by atoms with Gasteiger partial charge >= 0.3 is 0 Å². The van der Waals surface area contributed by atoms with Crippen LogP contribution in [0, 0.1) is 5.92 Å². The highest BCUT2D eigenvalue weighted by Gasteiger charge is 2.51. The number of aliphatic hydroxyl groups is 7. The van der Waals surface area contributed by atoms with Gasteiger partial charge in [-0.05, 0) is 18.8 Å². The molecule has 0 amide bonds. The maximum atomic E-state index is 11.2. The molecule has 2 saturated heterocycles. The van der Waals surface area contributed by atoms with Gasteiger partial charge in [0, 0.05) is 0 Å². The number of aliphatic hydroxyl groups excluding tert-OH is 7. The maximum absolute atomic E-state index is 11.2. The van der Waals surface area contributed by atoms with Crippen molar-refractivity contribution >= 4 is 0 Å². The van der Waals surface area contributed by atoms with Crippen molar-refractivity contribution in [3.05, 3.63) is 0 Å². The van der Waals surface area contributed by atoms with E-state index < -0.39 is 74.6 Å². The van der Waals surface area contributed by atoms with E-state index in [-0.39, 0.29) is 6.10 Å². The normalized spacial score (nSPS) is 28.6. The number of hydrogen-bond donors (Lipinski definition) is 7. The van der Waals surface area contributed by atoms with E-state index in [1.807, 2.05) is 0 Å². The van der Waals surface area contributed by atoms with Crippen LogP contribution in [0.3, 0.4) is 0 Å². The van der Waals surface area contributed by atoms with Crippen LogP contribution in [0.5, 0.6) is 0 Å². The fourth-order valence-corrected chi connectivity index (χ4v) is 8.72. The topological polar surface area (TPSA) is 179 Å². The third-order valence-electron chi connectivity index (χ3n) is 13.1. The van der Waals surface area contributed by atoms with Gasteiger partial charge in [0.15, 0.2) is 12.6 Å². The Morgan fingerprint density at radius 3 is 1.20 bits per heavy atom. The van der Waals surface area contributed by atoms with Crippen molar-refractivity contribution in [2.75, 3.05) is 13.2 Å². The van der Waals surface area contributed by atoms with Crippen molar-refractivity contribution < 1.29 is 54.7 Å². The third-order valence-corrected chi connectivity index (χ3v) is 13.1. The summed E-state index contributed by atoms with van der Waals surface area (Å²) in [5.41, 5.74) is 0. The molecule has 2 aliphatic heterocycles. The average molecular weight is 847 g/mol. The molecule has 0 saturated carbocycles. The molecule has 2 rings (SSSR count). The van der Waals surface area contributed by atoms with Crippen molar-refractivity contribution in [2.45, 2.75) is 287 Å². The van der Waals surface area contributed by atoms with Crippen LogP contribution in [0.2, 0.25) is 0 Å². The molecule has 59 heavy (non-hydrogen) atoms. The second-order valence-corrected chi connectivity index (χ2v) is 18.3. The SMILES string of the molecule is CCCCCCCCCCCCCCCCCC(CCCCCCCCCCCCCCC(C)CC)O[C@@H]1O[C@@H](CO)[C@H](O[C@H]2O[C@@H](CO)[C@@H](O)[C@H](O)[C@@H]2O)[C@H](O)[C@@H]1O. The summed E-state index contributed by atoms with van der Waals surface area (Å²) in [4.78, 5) is 0. The molecule has 0 aromatic carbocycles. The van der Waals surface area contributed by atoms with Crippen LogP contribution < -0.4 is 0 Å². The molecule has 2 unspecified atom stereocenters. The predicted octanol–water partition coefficient (Wildman–Crippen LogP) is 8.76. The highest BCUT2D eigenvalue weighted by molar-refractivity contribution is 4.94. The van der Waals surface area contributed by atoms with E-state index in [1.54, 1.807) is 0 Å². The molecule has 0 radical (unpaired) electrons. The molecular weight excluding hydrogens is 753 g/mol. The van der Waals surface area contributed by atoms with Gasteiger partial charge in [-0.1, -0.05) is 207 Å². The minimum Gasteiger partial charge on any atom is -0.394 e. The van der Waals surface area contributed by atoms with Gasteiger partial charge in [0.25, 0.3) is 0 Å². The number of unbranched alkanes of at least 4 members (excludes halogenated alkanes) is 25. The van der Waals surface area contributed by atoms with E-state index in [4.69, 9.17) is 18.9 Å².